The Bertz CT molecular complexity index is 565. The van der Waals surface area contributed by atoms with Crippen LogP contribution in [0.2, 0.25) is 0 Å². The highest BCUT2D eigenvalue weighted by Crippen LogP contribution is 2.24. The Morgan fingerprint density at radius 3 is 2.90 bits per heavy atom. The van der Waals surface area contributed by atoms with E-state index in [0.29, 0.717) is 17.9 Å². The molecule has 0 amide bonds. The van der Waals surface area contributed by atoms with Crippen LogP contribution in [0.4, 0.5) is 0 Å². The number of benzene rings is 1. The molecule has 0 aliphatic carbocycles. The molecule has 106 valence electrons. The molecule has 0 aliphatic heterocycles. The normalized spacial score (nSPS) is 10.3. The highest BCUT2D eigenvalue weighted by atomic mass is 16.5. The topological polar surface area (TPSA) is 53.4 Å². The van der Waals surface area contributed by atoms with E-state index in [0.717, 1.165) is 18.5 Å². The van der Waals surface area contributed by atoms with Gasteiger partial charge in [-0.15, -0.1) is 0 Å². The van der Waals surface area contributed by atoms with Crippen LogP contribution in [0.3, 0.4) is 0 Å². The van der Waals surface area contributed by atoms with E-state index in [1.807, 2.05) is 22.9 Å². The summed E-state index contributed by atoms with van der Waals surface area (Å²) < 4.78 is 12.3. The van der Waals surface area contributed by atoms with Gasteiger partial charge in [0.25, 0.3) is 0 Å². The van der Waals surface area contributed by atoms with Gasteiger partial charge in [0.05, 0.1) is 25.7 Å². The van der Waals surface area contributed by atoms with Crippen molar-refractivity contribution in [1.29, 1.82) is 0 Å². The standard InChI is InChI=1S/C15H18N2O3/c1-3-4-9-20-14-10-12(17-8-7-16-11-17)5-6-13(14)15(18)19-2/h5-8,10-11H,3-4,9H2,1-2H3. The second kappa shape index (κ2) is 6.75. The Morgan fingerprint density at radius 1 is 1.40 bits per heavy atom. The maximum Gasteiger partial charge on any atom is 0.341 e. The van der Waals surface area contributed by atoms with Crippen molar-refractivity contribution in [3.63, 3.8) is 0 Å². The smallest absolute Gasteiger partial charge is 0.341 e. The first kappa shape index (κ1) is 14.1. The van der Waals surface area contributed by atoms with Gasteiger partial charge >= 0.3 is 5.97 Å². The number of imidazole rings is 1. The maximum atomic E-state index is 11.7. The van der Waals surface area contributed by atoms with Crippen LogP contribution in [0.25, 0.3) is 5.69 Å². The molecule has 2 aromatic rings. The van der Waals surface area contributed by atoms with Gasteiger partial charge in [-0.1, -0.05) is 13.3 Å². The van der Waals surface area contributed by atoms with E-state index < -0.39 is 5.97 Å². The number of aromatic nitrogens is 2. The maximum absolute atomic E-state index is 11.7. The quantitative estimate of drug-likeness (QED) is 0.600. The molecule has 0 saturated carbocycles. The number of rotatable bonds is 6. The first-order valence-corrected chi connectivity index (χ1v) is 6.59. The molecule has 1 heterocycles. The van der Waals surface area contributed by atoms with Gasteiger partial charge in [0.15, 0.2) is 0 Å². The predicted molar refractivity (Wildman–Crippen MR) is 75.3 cm³/mol. The predicted octanol–water partition coefficient (Wildman–Crippen LogP) is 2.84. The zero-order chi connectivity index (χ0) is 14.4. The van der Waals surface area contributed by atoms with Crippen molar-refractivity contribution in [3.8, 4) is 11.4 Å². The molecule has 0 N–H and O–H groups in total. The van der Waals surface area contributed by atoms with Crippen LogP contribution in [0, 0.1) is 0 Å². The van der Waals surface area contributed by atoms with E-state index in [4.69, 9.17) is 9.47 Å². The number of unbranched alkanes of at least 4 members (excludes halogenated alkanes) is 1. The number of nitrogens with zero attached hydrogens (tertiary/aromatic N) is 2. The lowest BCUT2D eigenvalue weighted by atomic mass is 10.1. The van der Waals surface area contributed by atoms with Crippen molar-refractivity contribution < 1.29 is 14.3 Å². The molecule has 0 aliphatic rings. The van der Waals surface area contributed by atoms with Crippen molar-refractivity contribution >= 4 is 5.97 Å². The lowest BCUT2D eigenvalue weighted by Crippen LogP contribution is -2.07. The molecule has 5 nitrogen and oxygen atoms in total. The Balaban J connectivity index is 2.31. The largest absolute Gasteiger partial charge is 0.493 e. The second-order valence-corrected chi connectivity index (χ2v) is 4.34. The fourth-order valence-electron chi connectivity index (χ4n) is 1.81. The summed E-state index contributed by atoms with van der Waals surface area (Å²) >= 11 is 0. The van der Waals surface area contributed by atoms with Crippen LogP contribution >= 0.6 is 0 Å². The van der Waals surface area contributed by atoms with Gasteiger partial charge in [0, 0.05) is 18.5 Å². The highest BCUT2D eigenvalue weighted by molar-refractivity contribution is 5.92. The Kier molecular flexibility index (Phi) is 4.76. The molecular formula is C15H18N2O3. The fourth-order valence-corrected chi connectivity index (χ4v) is 1.81. The molecule has 20 heavy (non-hydrogen) atoms. The molecule has 1 aromatic heterocycles. The van der Waals surface area contributed by atoms with Crippen LogP contribution < -0.4 is 4.74 Å². The van der Waals surface area contributed by atoms with Crippen molar-refractivity contribution in [1.82, 2.24) is 9.55 Å². The van der Waals surface area contributed by atoms with Gasteiger partial charge in [-0.25, -0.2) is 9.78 Å². The van der Waals surface area contributed by atoms with Crippen LogP contribution in [0.1, 0.15) is 30.1 Å². The average molecular weight is 274 g/mol. The summed E-state index contributed by atoms with van der Waals surface area (Å²) in [6, 6.07) is 5.37. The Hall–Kier alpha value is -2.30. The van der Waals surface area contributed by atoms with E-state index in [-0.39, 0.29) is 0 Å². The molecule has 0 atom stereocenters. The molecule has 0 spiro atoms. The first-order chi connectivity index (χ1) is 9.76. The summed E-state index contributed by atoms with van der Waals surface area (Å²) in [5, 5.41) is 0. The van der Waals surface area contributed by atoms with Crippen LogP contribution in [-0.2, 0) is 4.74 Å². The molecule has 0 unspecified atom stereocenters. The summed E-state index contributed by atoms with van der Waals surface area (Å²) in [6.45, 7) is 2.67. The third-order valence-electron chi connectivity index (χ3n) is 2.93. The number of esters is 1. The van der Waals surface area contributed by atoms with E-state index in [2.05, 4.69) is 11.9 Å². The monoisotopic (exact) mass is 274 g/mol. The summed E-state index contributed by atoms with van der Waals surface area (Å²) in [4.78, 5) is 15.8. The number of ether oxygens (including phenoxy) is 2. The number of methoxy groups -OCH3 is 1. The summed E-state index contributed by atoms with van der Waals surface area (Å²) in [6.07, 6.45) is 7.21. The van der Waals surface area contributed by atoms with Gasteiger partial charge in [0.2, 0.25) is 0 Å². The second-order valence-electron chi connectivity index (χ2n) is 4.34. The van der Waals surface area contributed by atoms with Gasteiger partial charge in [0.1, 0.15) is 11.3 Å². The van der Waals surface area contributed by atoms with Crippen molar-refractivity contribution in [2.45, 2.75) is 19.8 Å². The number of carbonyl (C=O) groups is 1. The molecule has 1 aromatic carbocycles. The lowest BCUT2D eigenvalue weighted by molar-refractivity contribution is 0.0596. The van der Waals surface area contributed by atoms with Crippen molar-refractivity contribution in [2.75, 3.05) is 13.7 Å². The molecule has 5 heteroatoms. The van der Waals surface area contributed by atoms with E-state index in [1.54, 1.807) is 18.6 Å². The zero-order valence-corrected chi connectivity index (χ0v) is 11.7. The Morgan fingerprint density at radius 2 is 2.25 bits per heavy atom. The third-order valence-corrected chi connectivity index (χ3v) is 2.93. The van der Waals surface area contributed by atoms with Crippen LogP contribution in [-0.4, -0.2) is 29.2 Å². The van der Waals surface area contributed by atoms with Crippen molar-refractivity contribution in [2.24, 2.45) is 0 Å². The van der Waals surface area contributed by atoms with Crippen LogP contribution in [0.15, 0.2) is 36.9 Å². The van der Waals surface area contributed by atoms with E-state index in [9.17, 15) is 4.79 Å². The summed E-state index contributed by atoms with van der Waals surface area (Å²) in [5.74, 6) is 0.144. The number of hydrogen-bond acceptors (Lipinski definition) is 4. The summed E-state index contributed by atoms with van der Waals surface area (Å²) in [5.41, 5.74) is 1.33. The zero-order valence-electron chi connectivity index (χ0n) is 11.7. The highest BCUT2D eigenvalue weighted by Gasteiger charge is 2.14. The molecule has 0 bridgehead atoms. The SMILES string of the molecule is CCCCOc1cc(-n2ccnc2)ccc1C(=O)OC. The number of carbonyl (C=O) groups excluding carboxylic acids is 1. The molecule has 0 fully saturated rings. The van der Waals surface area contributed by atoms with E-state index in [1.165, 1.54) is 7.11 Å². The minimum atomic E-state index is -0.395. The first-order valence-electron chi connectivity index (χ1n) is 6.59. The minimum absolute atomic E-state index is 0.395. The fraction of sp³-hybridized carbons (Fsp3) is 0.333. The van der Waals surface area contributed by atoms with Gasteiger partial charge in [-0.3, -0.25) is 0 Å². The Labute approximate surface area is 118 Å². The number of hydrogen-bond donors (Lipinski definition) is 0. The summed E-state index contributed by atoms with van der Waals surface area (Å²) in [7, 11) is 1.36. The van der Waals surface area contributed by atoms with Gasteiger partial charge in [-0.2, -0.15) is 0 Å². The molecule has 0 radical (unpaired) electrons. The molecule has 0 saturated heterocycles. The minimum Gasteiger partial charge on any atom is -0.493 e. The average Bonchev–Trinajstić information content (AvgIpc) is 3.01. The third kappa shape index (κ3) is 3.17. The lowest BCUT2D eigenvalue weighted by Gasteiger charge is -2.12. The van der Waals surface area contributed by atoms with Gasteiger partial charge in [-0.05, 0) is 18.6 Å². The van der Waals surface area contributed by atoms with E-state index >= 15 is 0 Å². The van der Waals surface area contributed by atoms with Gasteiger partial charge < -0.3 is 14.0 Å². The van der Waals surface area contributed by atoms with Crippen molar-refractivity contribution in [3.05, 3.63) is 42.5 Å². The molecular weight excluding hydrogens is 256 g/mol. The molecule has 2 rings (SSSR count). The van der Waals surface area contributed by atoms with Crippen LogP contribution in [0.5, 0.6) is 5.75 Å².